The third-order valence-corrected chi connectivity index (χ3v) is 2.69. The molecule has 2 aliphatic heterocycles. The standard InChI is InChI=1S/C9H16O6/c1-8(2)14-7-6(12)5(11)3-13-9(7,4-10)15-8/h5-7,10-12H,3-4H2,1-2H3/t5-,6-,7+,9+/m0/s1. The molecule has 88 valence electrons. The van der Waals surface area contributed by atoms with E-state index in [1.165, 1.54) is 0 Å². The fourth-order valence-corrected chi connectivity index (χ4v) is 2.03. The summed E-state index contributed by atoms with van der Waals surface area (Å²) in [7, 11) is 0. The van der Waals surface area contributed by atoms with Crippen LogP contribution in [-0.4, -0.2) is 58.4 Å². The molecule has 0 aromatic carbocycles. The van der Waals surface area contributed by atoms with E-state index in [9.17, 15) is 15.3 Å². The van der Waals surface area contributed by atoms with Gasteiger partial charge in [-0.1, -0.05) is 0 Å². The largest absolute Gasteiger partial charge is 0.391 e. The van der Waals surface area contributed by atoms with Gasteiger partial charge in [0.15, 0.2) is 5.79 Å². The monoisotopic (exact) mass is 220 g/mol. The smallest absolute Gasteiger partial charge is 0.224 e. The molecule has 0 saturated carbocycles. The summed E-state index contributed by atoms with van der Waals surface area (Å²) < 4.78 is 16.1. The first-order valence-corrected chi connectivity index (χ1v) is 4.89. The topological polar surface area (TPSA) is 88.4 Å². The zero-order chi connectivity index (χ0) is 11.3. The number of aliphatic hydroxyl groups excluding tert-OH is 3. The van der Waals surface area contributed by atoms with Crippen LogP contribution < -0.4 is 0 Å². The van der Waals surface area contributed by atoms with Gasteiger partial charge in [-0.3, -0.25) is 0 Å². The van der Waals surface area contributed by atoms with Gasteiger partial charge in [0.25, 0.3) is 0 Å². The Morgan fingerprint density at radius 1 is 1.33 bits per heavy atom. The second-order valence-electron chi connectivity index (χ2n) is 4.38. The second-order valence-corrected chi connectivity index (χ2v) is 4.38. The van der Waals surface area contributed by atoms with Gasteiger partial charge in [-0.15, -0.1) is 0 Å². The van der Waals surface area contributed by atoms with Gasteiger partial charge in [0.05, 0.1) is 6.61 Å². The molecule has 0 aromatic rings. The molecular formula is C9H16O6. The van der Waals surface area contributed by atoms with Crippen LogP contribution >= 0.6 is 0 Å². The summed E-state index contributed by atoms with van der Waals surface area (Å²) in [6.07, 6.45) is -3.01. The normalized spacial score (nSPS) is 49.0. The van der Waals surface area contributed by atoms with Gasteiger partial charge in [0.1, 0.15) is 24.9 Å². The summed E-state index contributed by atoms with van der Waals surface area (Å²) in [4.78, 5) is 0. The molecular weight excluding hydrogens is 204 g/mol. The molecule has 6 heteroatoms. The summed E-state index contributed by atoms with van der Waals surface area (Å²) in [5, 5.41) is 28.4. The Bertz CT molecular complexity index is 255. The van der Waals surface area contributed by atoms with Crippen LogP contribution in [0.15, 0.2) is 0 Å². The molecule has 2 fully saturated rings. The van der Waals surface area contributed by atoms with Crippen LogP contribution in [-0.2, 0) is 14.2 Å². The summed E-state index contributed by atoms with van der Waals surface area (Å²) >= 11 is 0. The molecule has 4 atom stereocenters. The Hall–Kier alpha value is -0.240. The van der Waals surface area contributed by atoms with E-state index >= 15 is 0 Å². The van der Waals surface area contributed by atoms with Crippen molar-refractivity contribution < 1.29 is 29.5 Å². The zero-order valence-corrected chi connectivity index (χ0v) is 8.71. The van der Waals surface area contributed by atoms with Crippen LogP contribution in [0, 0.1) is 0 Å². The lowest BCUT2D eigenvalue weighted by Gasteiger charge is -2.39. The lowest BCUT2D eigenvalue weighted by Crippen LogP contribution is -2.61. The molecule has 2 saturated heterocycles. The molecule has 3 N–H and O–H groups in total. The van der Waals surface area contributed by atoms with Crippen LogP contribution in [0.4, 0.5) is 0 Å². The summed E-state index contributed by atoms with van der Waals surface area (Å²) in [6, 6.07) is 0. The Morgan fingerprint density at radius 2 is 2.00 bits per heavy atom. The van der Waals surface area contributed by atoms with Crippen molar-refractivity contribution in [1.29, 1.82) is 0 Å². The van der Waals surface area contributed by atoms with Crippen LogP contribution in [0.5, 0.6) is 0 Å². The molecule has 2 heterocycles. The van der Waals surface area contributed by atoms with Crippen LogP contribution in [0.1, 0.15) is 13.8 Å². The van der Waals surface area contributed by atoms with Crippen molar-refractivity contribution in [1.82, 2.24) is 0 Å². The predicted octanol–water partition coefficient (Wildman–Crippen LogP) is -1.42. The van der Waals surface area contributed by atoms with Crippen molar-refractivity contribution in [3.8, 4) is 0 Å². The Kier molecular flexibility index (Phi) is 2.53. The maximum atomic E-state index is 9.73. The lowest BCUT2D eigenvalue weighted by molar-refractivity contribution is -0.304. The fraction of sp³-hybridized carbons (Fsp3) is 1.00. The van der Waals surface area contributed by atoms with E-state index in [0.29, 0.717) is 0 Å². The highest BCUT2D eigenvalue weighted by Crippen LogP contribution is 2.41. The fourth-order valence-electron chi connectivity index (χ4n) is 2.03. The number of fused-ring (bicyclic) bond motifs is 1. The highest BCUT2D eigenvalue weighted by atomic mass is 16.8. The Morgan fingerprint density at radius 3 is 2.60 bits per heavy atom. The molecule has 15 heavy (non-hydrogen) atoms. The van der Waals surface area contributed by atoms with E-state index in [4.69, 9.17) is 14.2 Å². The maximum absolute atomic E-state index is 9.73. The Balaban J connectivity index is 2.27. The minimum absolute atomic E-state index is 0.0856. The quantitative estimate of drug-likeness (QED) is 0.502. The highest BCUT2D eigenvalue weighted by molar-refractivity contribution is 4.98. The maximum Gasteiger partial charge on any atom is 0.224 e. The van der Waals surface area contributed by atoms with Gasteiger partial charge >= 0.3 is 0 Å². The minimum atomic E-state index is -1.36. The van der Waals surface area contributed by atoms with E-state index in [0.717, 1.165) is 0 Å². The van der Waals surface area contributed by atoms with E-state index in [2.05, 4.69) is 0 Å². The number of rotatable bonds is 1. The van der Waals surface area contributed by atoms with Gasteiger partial charge in [-0.2, -0.15) is 0 Å². The predicted molar refractivity (Wildman–Crippen MR) is 47.8 cm³/mol. The molecule has 0 unspecified atom stereocenters. The van der Waals surface area contributed by atoms with Gasteiger partial charge in [-0.05, 0) is 13.8 Å². The molecule has 0 amide bonds. The highest BCUT2D eigenvalue weighted by Gasteiger charge is 2.60. The molecule has 0 aromatic heterocycles. The van der Waals surface area contributed by atoms with Gasteiger partial charge in [0.2, 0.25) is 5.79 Å². The number of hydrogen-bond donors (Lipinski definition) is 3. The molecule has 0 aliphatic carbocycles. The van der Waals surface area contributed by atoms with Crippen molar-refractivity contribution in [3.63, 3.8) is 0 Å². The first-order valence-electron chi connectivity index (χ1n) is 4.89. The first-order chi connectivity index (χ1) is 6.90. The van der Waals surface area contributed by atoms with E-state index in [-0.39, 0.29) is 6.61 Å². The SMILES string of the molecule is CC1(C)O[C@@H]2[C@@H](O)[C@@H](O)CO[C@]2(CO)O1. The van der Waals surface area contributed by atoms with Gasteiger partial charge in [-0.25, -0.2) is 0 Å². The third kappa shape index (κ3) is 1.67. The van der Waals surface area contributed by atoms with Crippen molar-refractivity contribution in [2.24, 2.45) is 0 Å². The summed E-state index contributed by atoms with van der Waals surface area (Å²) in [5.74, 6) is -2.30. The molecule has 6 nitrogen and oxygen atoms in total. The number of hydrogen-bond acceptors (Lipinski definition) is 6. The summed E-state index contributed by atoms with van der Waals surface area (Å²) in [5.41, 5.74) is 0. The van der Waals surface area contributed by atoms with E-state index in [1.807, 2.05) is 0 Å². The zero-order valence-electron chi connectivity index (χ0n) is 8.71. The van der Waals surface area contributed by atoms with Crippen LogP contribution in [0.2, 0.25) is 0 Å². The summed E-state index contributed by atoms with van der Waals surface area (Å²) in [6.45, 7) is 2.80. The van der Waals surface area contributed by atoms with Crippen LogP contribution in [0.3, 0.4) is 0 Å². The molecule has 2 aliphatic rings. The Labute approximate surface area is 87.4 Å². The molecule has 0 radical (unpaired) electrons. The first kappa shape index (κ1) is 11.3. The van der Waals surface area contributed by atoms with Crippen molar-refractivity contribution >= 4 is 0 Å². The van der Waals surface area contributed by atoms with Crippen LogP contribution in [0.25, 0.3) is 0 Å². The van der Waals surface area contributed by atoms with Crippen molar-refractivity contribution in [2.45, 2.75) is 43.7 Å². The second kappa shape index (κ2) is 3.38. The molecule has 2 rings (SSSR count). The average molecular weight is 220 g/mol. The van der Waals surface area contributed by atoms with Gasteiger partial charge < -0.3 is 29.5 Å². The third-order valence-electron chi connectivity index (χ3n) is 2.69. The molecule has 0 bridgehead atoms. The number of aliphatic hydroxyl groups is 3. The lowest BCUT2D eigenvalue weighted by atomic mass is 9.98. The molecule has 0 spiro atoms. The van der Waals surface area contributed by atoms with Crippen molar-refractivity contribution in [3.05, 3.63) is 0 Å². The van der Waals surface area contributed by atoms with E-state index < -0.39 is 36.5 Å². The minimum Gasteiger partial charge on any atom is -0.391 e. The van der Waals surface area contributed by atoms with Gasteiger partial charge in [0, 0.05) is 0 Å². The average Bonchev–Trinajstić information content (AvgIpc) is 2.45. The number of ether oxygens (including phenoxy) is 3. The van der Waals surface area contributed by atoms with Crippen molar-refractivity contribution in [2.75, 3.05) is 13.2 Å². The van der Waals surface area contributed by atoms with E-state index in [1.54, 1.807) is 13.8 Å².